The Morgan fingerprint density at radius 1 is 0.167 bits per heavy atom. The summed E-state index contributed by atoms with van der Waals surface area (Å²) in [5, 5.41) is 4.97. The number of anilines is 6. The van der Waals surface area contributed by atoms with Crippen LogP contribution in [0.1, 0.15) is 44.5 Å². The first kappa shape index (κ1) is 75.9. The topological polar surface area (TPSA) is 55.0 Å². The van der Waals surface area contributed by atoms with Crippen LogP contribution in [0.15, 0.2) is 491 Å². The Hall–Kier alpha value is -17.4. The third kappa shape index (κ3) is 11.8. The molecular formula is C125H81N7. The van der Waals surface area contributed by atoms with E-state index in [1.54, 1.807) is 0 Å². The molecule has 0 N–H and O–H groups in total. The molecule has 4 aliphatic rings. The zero-order valence-electron chi connectivity index (χ0n) is 71.9. The molecular weight excluding hydrogens is 1600 g/mol. The molecule has 19 aromatic carbocycles. The van der Waals surface area contributed by atoms with E-state index < -0.39 is 10.8 Å². The van der Waals surface area contributed by atoms with Crippen LogP contribution in [-0.2, 0) is 10.8 Å². The van der Waals surface area contributed by atoms with E-state index in [2.05, 4.69) is 498 Å². The number of pyridine rings is 1. The maximum Gasteiger partial charge on any atom is 0.235 e. The standard InChI is InChI=1S/C65H42N4.C60H39N3/c1-4-19-43(20-5-1)46-25-18-26-49(39-46)68-60-32-15-11-28-51(60)53-41-48(36-38-61(53)68)47-35-37-55-52(40-47)50-27-10-12-29-54(50)65(55)56-30-13-16-33-62(56)69(63-34-17-14-31-57(63)65)64-66-58(44-21-6-2-7-22-44)42-59(67-64)45-23-8-3-9-24-45;1-4-18-40(19-5-1)44-38-54(41-20-6-2-7-21-41)61-59(39-44)63-57-30-16-13-27-52(57)60(53-28-14-17-31-58(53)63)50-26-12-10-24-46(50)48-36-42(32-34-51(48)60)43-33-35-56-49(37-43)47-25-11-15-29-55(47)62(56)45-22-8-3-9-23-45/h1-42H;1-39H. The minimum Gasteiger partial charge on any atom is -0.309 e. The summed E-state index contributed by atoms with van der Waals surface area (Å²) in [6.07, 6.45) is 0. The SMILES string of the molecule is c1ccc(-c2cc(-c3ccccc3)nc(N3c4ccccc4C4(c5ccccc5-c5cc(-c6ccc7c(c6)c6ccccc6n7-c6ccccc6)ccc54)c4ccccc43)c2)cc1.c1ccc(-c2cccc(-n3c4ccccc4c4cc(-c5ccc6c(c5)-c5ccccc5C65c6ccccc6N(c6nc(-c7ccccc7)cc(-c7ccccc7)n6)c6ccccc65)ccc43)c2)cc1. The molecule has 6 heterocycles. The first-order chi connectivity index (χ1) is 65.5. The van der Waals surface area contributed by atoms with Crippen LogP contribution in [0, 0.1) is 0 Å². The first-order valence-electron chi connectivity index (χ1n) is 45.4. The lowest BCUT2D eigenvalue weighted by atomic mass is 9.64. The highest BCUT2D eigenvalue weighted by molar-refractivity contribution is 6.13. The molecule has 7 nitrogen and oxygen atoms in total. The van der Waals surface area contributed by atoms with Gasteiger partial charge in [-0.3, -0.25) is 9.80 Å². The number of hydrogen-bond donors (Lipinski definition) is 0. The van der Waals surface area contributed by atoms with Gasteiger partial charge in [0.1, 0.15) is 5.82 Å². The highest BCUT2D eigenvalue weighted by atomic mass is 15.3. The summed E-state index contributed by atoms with van der Waals surface area (Å²) in [6, 6.07) is 179. The molecule has 0 amide bonds. The van der Waals surface area contributed by atoms with Crippen LogP contribution < -0.4 is 9.80 Å². The maximum absolute atomic E-state index is 5.48. The summed E-state index contributed by atoms with van der Waals surface area (Å²) in [5.74, 6) is 1.52. The average molecular weight is 1680 g/mol. The summed E-state index contributed by atoms with van der Waals surface area (Å²) in [4.78, 5) is 20.9. The van der Waals surface area contributed by atoms with E-state index in [-0.39, 0.29) is 0 Å². The van der Waals surface area contributed by atoms with Crippen molar-refractivity contribution >= 4 is 78.1 Å². The van der Waals surface area contributed by atoms with Gasteiger partial charge in [0.15, 0.2) is 0 Å². The van der Waals surface area contributed by atoms with Crippen molar-refractivity contribution in [2.45, 2.75) is 10.8 Å². The Kier molecular flexibility index (Phi) is 17.7. The molecule has 0 bridgehead atoms. The Morgan fingerprint density at radius 3 is 0.947 bits per heavy atom. The Morgan fingerprint density at radius 2 is 0.485 bits per heavy atom. The molecule has 23 aromatic rings. The molecule has 2 aliphatic carbocycles. The lowest BCUT2D eigenvalue weighted by Crippen LogP contribution is -2.36. The van der Waals surface area contributed by atoms with Gasteiger partial charge in [-0.1, -0.05) is 376 Å². The van der Waals surface area contributed by atoms with E-state index in [4.69, 9.17) is 15.0 Å². The van der Waals surface area contributed by atoms with E-state index in [0.717, 1.165) is 79.2 Å². The van der Waals surface area contributed by atoms with Gasteiger partial charge in [0, 0.05) is 49.6 Å². The van der Waals surface area contributed by atoms with Crippen molar-refractivity contribution in [1.82, 2.24) is 24.1 Å². The summed E-state index contributed by atoms with van der Waals surface area (Å²) >= 11 is 0. The molecule has 0 fully saturated rings. The highest BCUT2D eigenvalue weighted by Gasteiger charge is 2.54. The molecule has 616 valence electrons. The monoisotopic (exact) mass is 1680 g/mol. The third-order valence-electron chi connectivity index (χ3n) is 27.8. The smallest absolute Gasteiger partial charge is 0.235 e. The van der Waals surface area contributed by atoms with Crippen LogP contribution in [0.2, 0.25) is 0 Å². The third-order valence-corrected chi connectivity index (χ3v) is 27.8. The normalized spacial score (nSPS) is 13.1. The molecule has 0 saturated carbocycles. The van der Waals surface area contributed by atoms with Gasteiger partial charge in [-0.15, -0.1) is 0 Å². The highest BCUT2D eigenvalue weighted by Crippen LogP contribution is 2.66. The number of aromatic nitrogens is 5. The van der Waals surface area contributed by atoms with Gasteiger partial charge in [-0.05, 0) is 227 Å². The summed E-state index contributed by atoms with van der Waals surface area (Å²) in [6.45, 7) is 0. The number of hydrogen-bond acceptors (Lipinski definition) is 5. The van der Waals surface area contributed by atoms with Crippen LogP contribution in [0.3, 0.4) is 0 Å². The van der Waals surface area contributed by atoms with E-state index in [9.17, 15) is 0 Å². The minimum atomic E-state index is -0.598. The summed E-state index contributed by atoms with van der Waals surface area (Å²) in [5.41, 5.74) is 40.7. The van der Waals surface area contributed by atoms with Gasteiger partial charge in [0.05, 0.1) is 72.7 Å². The quantitative estimate of drug-likeness (QED) is 0.129. The number of benzene rings is 19. The zero-order chi connectivity index (χ0) is 87.0. The number of nitrogens with zero attached hydrogens (tertiary/aromatic N) is 7. The van der Waals surface area contributed by atoms with E-state index >= 15 is 0 Å². The maximum atomic E-state index is 5.48. The van der Waals surface area contributed by atoms with Crippen LogP contribution in [0.25, 0.3) is 156 Å². The van der Waals surface area contributed by atoms with Crippen molar-refractivity contribution in [3.8, 4) is 112 Å². The van der Waals surface area contributed by atoms with Crippen molar-refractivity contribution in [2.24, 2.45) is 0 Å². The van der Waals surface area contributed by atoms with Crippen molar-refractivity contribution in [3.05, 3.63) is 536 Å². The lowest BCUT2D eigenvalue weighted by molar-refractivity contribution is 0.750. The van der Waals surface area contributed by atoms with Gasteiger partial charge >= 0.3 is 0 Å². The Balaban J connectivity index is 0.000000139. The van der Waals surface area contributed by atoms with Crippen LogP contribution in [0.4, 0.5) is 34.5 Å². The molecule has 132 heavy (non-hydrogen) atoms. The summed E-state index contributed by atoms with van der Waals surface area (Å²) in [7, 11) is 0. The molecule has 2 spiro atoms. The number of rotatable bonds is 11. The van der Waals surface area contributed by atoms with Crippen LogP contribution >= 0.6 is 0 Å². The second-order valence-corrected chi connectivity index (χ2v) is 34.8. The molecule has 0 saturated heterocycles. The molecule has 2 aliphatic heterocycles. The van der Waals surface area contributed by atoms with E-state index in [0.29, 0.717) is 5.95 Å². The molecule has 27 rings (SSSR count). The van der Waals surface area contributed by atoms with E-state index in [1.807, 2.05) is 12.1 Å². The van der Waals surface area contributed by atoms with Crippen LogP contribution in [0.5, 0.6) is 0 Å². The van der Waals surface area contributed by atoms with Gasteiger partial charge in [-0.2, -0.15) is 0 Å². The minimum absolute atomic E-state index is 0.555. The lowest BCUT2D eigenvalue weighted by Gasteiger charge is -2.44. The molecule has 0 atom stereocenters. The van der Waals surface area contributed by atoms with Gasteiger partial charge in [0.25, 0.3) is 0 Å². The van der Waals surface area contributed by atoms with Crippen molar-refractivity contribution in [1.29, 1.82) is 0 Å². The van der Waals surface area contributed by atoms with Gasteiger partial charge in [0.2, 0.25) is 5.95 Å². The molecule has 0 radical (unpaired) electrons. The largest absolute Gasteiger partial charge is 0.309 e. The molecule has 0 unspecified atom stereocenters. The predicted molar refractivity (Wildman–Crippen MR) is 544 cm³/mol. The van der Waals surface area contributed by atoms with Crippen molar-refractivity contribution < 1.29 is 0 Å². The fourth-order valence-electron chi connectivity index (χ4n) is 22.2. The fourth-order valence-corrected chi connectivity index (χ4v) is 22.2. The predicted octanol–water partition coefficient (Wildman–Crippen LogP) is 31.7. The second-order valence-electron chi connectivity index (χ2n) is 34.8. The van der Waals surface area contributed by atoms with Crippen molar-refractivity contribution in [2.75, 3.05) is 9.80 Å². The fraction of sp³-hybridized carbons (Fsp3) is 0.0160. The Bertz CT molecular complexity index is 8320. The van der Waals surface area contributed by atoms with Gasteiger partial charge < -0.3 is 9.13 Å². The zero-order valence-corrected chi connectivity index (χ0v) is 71.9. The average Bonchev–Trinajstić information content (AvgIpc) is 1.51. The summed E-state index contributed by atoms with van der Waals surface area (Å²) < 4.78 is 4.80. The number of para-hydroxylation sites is 7. The molecule has 4 aromatic heterocycles. The first-order valence-corrected chi connectivity index (χ1v) is 45.4. The molecule has 7 heteroatoms. The van der Waals surface area contributed by atoms with E-state index in [1.165, 1.54) is 149 Å². The number of fused-ring (bicyclic) bond motifs is 24. The van der Waals surface area contributed by atoms with Crippen molar-refractivity contribution in [3.63, 3.8) is 0 Å². The second kappa shape index (κ2) is 30.7. The van der Waals surface area contributed by atoms with Crippen LogP contribution in [-0.4, -0.2) is 24.1 Å². The Labute approximate surface area is 765 Å². The van der Waals surface area contributed by atoms with Gasteiger partial charge in [-0.25, -0.2) is 15.0 Å².